The van der Waals surface area contributed by atoms with E-state index in [9.17, 15) is 14.7 Å². The Morgan fingerprint density at radius 3 is 2.43 bits per heavy atom. The van der Waals surface area contributed by atoms with Crippen LogP contribution in [0.5, 0.6) is 0 Å². The Morgan fingerprint density at radius 2 is 1.72 bits per heavy atom. The molecule has 0 bridgehead atoms. The van der Waals surface area contributed by atoms with Gasteiger partial charge in [0.15, 0.2) is 12.1 Å². The number of amides is 2. The summed E-state index contributed by atoms with van der Waals surface area (Å²) in [7, 11) is 2.08. The second-order valence-corrected chi connectivity index (χ2v) is 11.8. The number of nitrogens with zero attached hydrogens (tertiary/aromatic N) is 2. The summed E-state index contributed by atoms with van der Waals surface area (Å²) in [4.78, 5) is 32.0. The van der Waals surface area contributed by atoms with Crippen LogP contribution in [0.25, 0.3) is 0 Å². The number of hydrogen-bond acceptors (Lipinski definition) is 7. The van der Waals surface area contributed by atoms with Crippen LogP contribution in [0.1, 0.15) is 53.7 Å². The van der Waals surface area contributed by atoms with E-state index >= 15 is 0 Å². The zero-order valence-electron chi connectivity index (χ0n) is 26.3. The largest absolute Gasteiger partial charge is 0.392 e. The molecule has 2 heterocycles. The molecule has 0 radical (unpaired) electrons. The first-order valence-corrected chi connectivity index (χ1v) is 15.7. The fourth-order valence-electron chi connectivity index (χ4n) is 5.56. The number of hydrogen-bond donors (Lipinski definition) is 3. The third kappa shape index (κ3) is 9.55. The van der Waals surface area contributed by atoms with Gasteiger partial charge in [-0.2, -0.15) is 0 Å². The molecule has 9 nitrogen and oxygen atoms in total. The molecule has 0 saturated carbocycles. The number of ketones is 1. The summed E-state index contributed by atoms with van der Waals surface area (Å²) in [5, 5.41) is 15.2. The van der Waals surface area contributed by atoms with Gasteiger partial charge in [0, 0.05) is 49.1 Å². The molecule has 0 aliphatic carbocycles. The number of aromatic nitrogens is 1. The Bertz CT molecular complexity index is 1550. The van der Waals surface area contributed by atoms with Crippen LogP contribution in [0, 0.1) is 0 Å². The highest BCUT2D eigenvalue weighted by molar-refractivity contribution is 5.93. The number of aliphatic hydroxyl groups is 1. The SMILES string of the molecule is CC(=O)[C@@H](Cc1ccccc1)NC(=O)Nc1cccc(C2O[C@H](CN(C)CCc3ccccn3)C[C@H](c3ccc(CO)cc3)O2)c1. The Morgan fingerprint density at radius 1 is 0.935 bits per heavy atom. The number of nitrogens with one attached hydrogen (secondary N) is 2. The minimum atomic E-state index is -0.668. The zero-order valence-corrected chi connectivity index (χ0v) is 26.3. The molecule has 240 valence electrons. The number of carbonyl (C=O) groups is 2. The van der Waals surface area contributed by atoms with E-state index in [2.05, 4.69) is 27.6 Å². The number of rotatable bonds is 13. The van der Waals surface area contributed by atoms with E-state index in [1.807, 2.05) is 97.2 Å². The van der Waals surface area contributed by atoms with Crippen molar-refractivity contribution in [2.75, 3.05) is 25.5 Å². The van der Waals surface area contributed by atoms with Crippen molar-refractivity contribution in [2.45, 2.75) is 57.3 Å². The molecule has 4 atom stereocenters. The Kier molecular flexibility index (Phi) is 11.6. The number of pyridine rings is 1. The van der Waals surface area contributed by atoms with Crippen molar-refractivity contribution in [1.29, 1.82) is 0 Å². The van der Waals surface area contributed by atoms with E-state index < -0.39 is 18.4 Å². The second-order valence-electron chi connectivity index (χ2n) is 11.8. The summed E-state index contributed by atoms with van der Waals surface area (Å²) < 4.78 is 13.0. The van der Waals surface area contributed by atoms with Gasteiger partial charge in [-0.15, -0.1) is 0 Å². The normalized spacial score (nSPS) is 18.6. The number of benzene rings is 3. The lowest BCUT2D eigenvalue weighted by molar-refractivity contribution is -0.252. The van der Waals surface area contributed by atoms with Crippen molar-refractivity contribution >= 4 is 17.5 Å². The van der Waals surface area contributed by atoms with Crippen molar-refractivity contribution in [2.24, 2.45) is 0 Å². The van der Waals surface area contributed by atoms with Crippen molar-refractivity contribution in [3.8, 4) is 0 Å². The van der Waals surface area contributed by atoms with Gasteiger partial charge in [0.1, 0.15) is 0 Å². The molecule has 1 unspecified atom stereocenters. The van der Waals surface area contributed by atoms with Gasteiger partial charge >= 0.3 is 6.03 Å². The first kappa shape index (κ1) is 33.0. The van der Waals surface area contributed by atoms with Crippen LogP contribution in [0.4, 0.5) is 10.5 Å². The first-order chi connectivity index (χ1) is 22.4. The lowest BCUT2D eigenvalue weighted by atomic mass is 9.99. The van der Waals surface area contributed by atoms with Gasteiger partial charge in [0.2, 0.25) is 0 Å². The van der Waals surface area contributed by atoms with Gasteiger partial charge in [-0.05, 0) is 61.3 Å². The number of ether oxygens (including phenoxy) is 2. The summed E-state index contributed by atoms with van der Waals surface area (Å²) >= 11 is 0. The van der Waals surface area contributed by atoms with Crippen molar-refractivity contribution in [3.05, 3.63) is 131 Å². The predicted molar refractivity (Wildman–Crippen MR) is 177 cm³/mol. The minimum Gasteiger partial charge on any atom is -0.392 e. The Hall–Kier alpha value is -4.41. The molecule has 4 aromatic rings. The molecule has 2 amide bonds. The maximum Gasteiger partial charge on any atom is 0.319 e. The van der Waals surface area contributed by atoms with Gasteiger partial charge in [-0.1, -0.05) is 72.8 Å². The minimum absolute atomic E-state index is 0.0198. The highest BCUT2D eigenvalue weighted by atomic mass is 16.7. The number of carbonyl (C=O) groups excluding carboxylic acids is 2. The summed E-state index contributed by atoms with van der Waals surface area (Å²) in [6, 6.07) is 29.6. The average Bonchev–Trinajstić information content (AvgIpc) is 3.08. The molecule has 5 rings (SSSR count). The number of anilines is 1. The highest BCUT2D eigenvalue weighted by Crippen LogP contribution is 2.38. The van der Waals surface area contributed by atoms with Crippen LogP contribution < -0.4 is 10.6 Å². The van der Waals surface area contributed by atoms with Crippen molar-refractivity contribution < 1.29 is 24.2 Å². The molecule has 9 heteroatoms. The van der Waals surface area contributed by atoms with Crippen LogP contribution >= 0.6 is 0 Å². The lowest BCUT2D eigenvalue weighted by Gasteiger charge is -2.38. The van der Waals surface area contributed by atoms with Crippen LogP contribution in [-0.2, 0) is 33.7 Å². The molecule has 0 spiro atoms. The fraction of sp³-hybridized carbons (Fsp3) is 0.324. The third-order valence-corrected chi connectivity index (χ3v) is 8.10. The maximum absolute atomic E-state index is 13.0. The molecule has 1 saturated heterocycles. The monoisotopic (exact) mass is 622 g/mol. The number of Topliss-reactive ketones (excluding diaryl/α,β-unsaturated/α-hetero) is 1. The van der Waals surface area contributed by atoms with Gasteiger partial charge in [-0.3, -0.25) is 9.78 Å². The highest BCUT2D eigenvalue weighted by Gasteiger charge is 2.33. The fourth-order valence-corrected chi connectivity index (χ4v) is 5.56. The van der Waals surface area contributed by atoms with E-state index in [1.165, 1.54) is 6.92 Å². The van der Waals surface area contributed by atoms with Gasteiger partial charge < -0.3 is 30.1 Å². The van der Waals surface area contributed by atoms with Gasteiger partial charge in [0.05, 0.1) is 24.9 Å². The summed E-state index contributed by atoms with van der Waals surface area (Å²) in [6.45, 7) is 2.99. The van der Waals surface area contributed by atoms with E-state index in [0.29, 0.717) is 25.1 Å². The molecular formula is C37H42N4O5. The van der Waals surface area contributed by atoms with Gasteiger partial charge in [-0.25, -0.2) is 4.79 Å². The summed E-state index contributed by atoms with van der Waals surface area (Å²) in [5.41, 5.74) is 5.18. The maximum atomic E-state index is 13.0. The molecule has 1 aliphatic rings. The van der Waals surface area contributed by atoms with E-state index in [1.54, 1.807) is 6.07 Å². The van der Waals surface area contributed by atoms with Crippen LogP contribution in [0.2, 0.25) is 0 Å². The summed E-state index contributed by atoms with van der Waals surface area (Å²) in [5.74, 6) is -0.120. The van der Waals surface area contributed by atoms with E-state index in [-0.39, 0.29) is 24.6 Å². The molecule has 3 N–H and O–H groups in total. The topological polar surface area (TPSA) is 113 Å². The second kappa shape index (κ2) is 16.2. The summed E-state index contributed by atoms with van der Waals surface area (Å²) in [6.07, 6.45) is 2.70. The van der Waals surface area contributed by atoms with Crippen LogP contribution in [0.3, 0.4) is 0 Å². The van der Waals surface area contributed by atoms with Crippen LogP contribution in [-0.4, -0.2) is 59.1 Å². The number of urea groups is 1. The van der Waals surface area contributed by atoms with E-state index in [4.69, 9.17) is 9.47 Å². The number of aliphatic hydroxyl groups excluding tert-OH is 1. The van der Waals surface area contributed by atoms with Crippen LogP contribution in [0.15, 0.2) is 103 Å². The smallest absolute Gasteiger partial charge is 0.319 e. The zero-order chi connectivity index (χ0) is 32.3. The lowest BCUT2D eigenvalue weighted by Crippen LogP contribution is -2.43. The Balaban J connectivity index is 1.27. The molecule has 1 aromatic heterocycles. The average molecular weight is 623 g/mol. The molecule has 46 heavy (non-hydrogen) atoms. The van der Waals surface area contributed by atoms with E-state index in [0.717, 1.165) is 40.9 Å². The standard InChI is InChI=1S/C37H42N4O5/c1-26(43)34(21-27-9-4-3-5-10-27)40-37(44)39-32-13-8-11-30(22-32)36-45-33(24-41(2)20-18-31-12-6-7-19-38-31)23-35(46-36)29-16-14-28(25-42)15-17-29/h3-17,19,22,33-36,42H,18,20-21,23-25H2,1-2H3,(H2,39,40,44)/t33-,34+,35+,36?/m0/s1. The first-order valence-electron chi connectivity index (χ1n) is 15.7. The predicted octanol–water partition coefficient (Wildman–Crippen LogP) is 5.62. The molecular weight excluding hydrogens is 580 g/mol. The molecule has 3 aromatic carbocycles. The van der Waals surface area contributed by atoms with Crippen molar-refractivity contribution in [3.63, 3.8) is 0 Å². The molecule has 1 fully saturated rings. The Labute approximate surface area is 270 Å². The van der Waals surface area contributed by atoms with Crippen molar-refractivity contribution in [1.82, 2.24) is 15.2 Å². The van der Waals surface area contributed by atoms with Gasteiger partial charge in [0.25, 0.3) is 0 Å². The number of likely N-dealkylation sites (N-methyl/N-ethyl adjacent to an activating group) is 1. The quantitative estimate of drug-likeness (QED) is 0.178. The molecule has 1 aliphatic heterocycles. The third-order valence-electron chi connectivity index (χ3n) is 8.10.